The summed E-state index contributed by atoms with van der Waals surface area (Å²) >= 11 is 8.03. The highest BCUT2D eigenvalue weighted by Crippen LogP contribution is 2.27. The van der Waals surface area contributed by atoms with Crippen LogP contribution in [0.15, 0.2) is 0 Å². The topological polar surface area (TPSA) is 50.1 Å². The van der Waals surface area contributed by atoms with Gasteiger partial charge in [0, 0.05) is 31.5 Å². The second-order valence-corrected chi connectivity index (χ2v) is 6.29. The van der Waals surface area contributed by atoms with Crippen molar-refractivity contribution < 1.29 is 5.11 Å². The van der Waals surface area contributed by atoms with Crippen molar-refractivity contribution in [2.24, 2.45) is 7.05 Å². The number of halogens is 1. The van der Waals surface area contributed by atoms with Gasteiger partial charge in [-0.1, -0.05) is 18.5 Å². The highest BCUT2D eigenvalue weighted by Gasteiger charge is 2.31. The molecule has 0 aliphatic carbocycles. The largest absolute Gasteiger partial charge is 0.388 e. The van der Waals surface area contributed by atoms with Crippen LogP contribution in [0.3, 0.4) is 0 Å². The minimum atomic E-state index is -0.550. The molecule has 4 nitrogen and oxygen atoms in total. The SMILES string of the molecule is CCc1nn(C)c(Cl)c1CNCC1(O)CCSC1. The molecule has 1 aliphatic heterocycles. The van der Waals surface area contributed by atoms with Gasteiger partial charge in [0.1, 0.15) is 5.15 Å². The van der Waals surface area contributed by atoms with Gasteiger partial charge in [0.05, 0.1) is 11.3 Å². The monoisotopic (exact) mass is 289 g/mol. The number of nitrogens with zero attached hydrogens (tertiary/aromatic N) is 2. The Hall–Kier alpha value is -0.230. The summed E-state index contributed by atoms with van der Waals surface area (Å²) in [7, 11) is 1.85. The van der Waals surface area contributed by atoms with Gasteiger partial charge in [0.15, 0.2) is 0 Å². The maximum atomic E-state index is 10.2. The van der Waals surface area contributed by atoms with Crippen molar-refractivity contribution in [2.75, 3.05) is 18.1 Å². The first kappa shape index (κ1) is 14.2. The summed E-state index contributed by atoms with van der Waals surface area (Å²) in [6.07, 6.45) is 1.74. The third kappa shape index (κ3) is 3.02. The molecule has 2 N–H and O–H groups in total. The van der Waals surface area contributed by atoms with Crippen LogP contribution in [0.1, 0.15) is 24.6 Å². The molecule has 1 aromatic heterocycles. The summed E-state index contributed by atoms with van der Waals surface area (Å²) in [4.78, 5) is 0. The Balaban J connectivity index is 1.93. The van der Waals surface area contributed by atoms with E-state index in [2.05, 4.69) is 17.3 Å². The molecular formula is C12H20ClN3OS. The van der Waals surface area contributed by atoms with Crippen LogP contribution in [-0.4, -0.2) is 38.5 Å². The zero-order valence-corrected chi connectivity index (χ0v) is 12.4. The molecule has 1 fully saturated rings. The zero-order valence-electron chi connectivity index (χ0n) is 10.9. The van der Waals surface area contributed by atoms with Crippen molar-refractivity contribution >= 4 is 23.4 Å². The van der Waals surface area contributed by atoms with E-state index in [1.54, 1.807) is 4.68 Å². The van der Waals surface area contributed by atoms with Crippen LogP contribution in [-0.2, 0) is 20.0 Å². The first-order chi connectivity index (χ1) is 8.56. The second-order valence-electron chi connectivity index (χ2n) is 4.82. The summed E-state index contributed by atoms with van der Waals surface area (Å²) in [6.45, 7) is 3.36. The molecule has 1 saturated heterocycles. The van der Waals surface area contributed by atoms with Gasteiger partial charge in [0.2, 0.25) is 0 Å². The van der Waals surface area contributed by atoms with E-state index >= 15 is 0 Å². The van der Waals surface area contributed by atoms with Gasteiger partial charge in [0.25, 0.3) is 0 Å². The van der Waals surface area contributed by atoms with Gasteiger partial charge < -0.3 is 10.4 Å². The molecule has 18 heavy (non-hydrogen) atoms. The molecule has 1 aliphatic rings. The van der Waals surface area contributed by atoms with Crippen LogP contribution in [0.5, 0.6) is 0 Å². The Labute approximate surface area is 117 Å². The van der Waals surface area contributed by atoms with Gasteiger partial charge in [-0.05, 0) is 18.6 Å². The first-order valence-electron chi connectivity index (χ1n) is 6.27. The summed E-state index contributed by atoms with van der Waals surface area (Å²) < 4.78 is 1.71. The molecule has 2 heterocycles. The van der Waals surface area contributed by atoms with Gasteiger partial charge in [-0.25, -0.2) is 0 Å². The summed E-state index contributed by atoms with van der Waals surface area (Å²) in [5.74, 6) is 1.87. The molecule has 0 amide bonds. The molecule has 2 rings (SSSR count). The Morgan fingerprint density at radius 2 is 2.39 bits per heavy atom. The molecule has 1 aromatic rings. The third-order valence-electron chi connectivity index (χ3n) is 3.33. The molecule has 0 aromatic carbocycles. The molecule has 1 atom stereocenters. The standard InChI is InChI=1S/C12H20ClN3OS/c1-3-10-9(11(13)16(2)15-10)6-14-7-12(17)4-5-18-8-12/h14,17H,3-8H2,1-2H3. The Morgan fingerprint density at radius 1 is 1.61 bits per heavy atom. The third-order valence-corrected chi connectivity index (χ3v) is 5.03. The molecule has 0 radical (unpaired) electrons. The minimum absolute atomic E-state index is 0.550. The quantitative estimate of drug-likeness (QED) is 0.864. The molecule has 102 valence electrons. The van der Waals surface area contributed by atoms with Crippen molar-refractivity contribution in [2.45, 2.75) is 31.9 Å². The number of aromatic nitrogens is 2. The van der Waals surface area contributed by atoms with Crippen molar-refractivity contribution in [1.29, 1.82) is 0 Å². The Morgan fingerprint density at radius 3 is 3.00 bits per heavy atom. The average molecular weight is 290 g/mol. The van der Waals surface area contributed by atoms with E-state index in [-0.39, 0.29) is 0 Å². The number of aryl methyl sites for hydroxylation is 2. The molecule has 6 heteroatoms. The van der Waals surface area contributed by atoms with E-state index < -0.39 is 5.60 Å². The van der Waals surface area contributed by atoms with Gasteiger partial charge in [-0.2, -0.15) is 16.9 Å². The Kier molecular flexibility index (Phi) is 4.59. The van der Waals surface area contributed by atoms with Gasteiger partial charge in [-0.3, -0.25) is 4.68 Å². The van der Waals surface area contributed by atoms with Gasteiger partial charge in [-0.15, -0.1) is 0 Å². The lowest BCUT2D eigenvalue weighted by molar-refractivity contribution is 0.0674. The van der Waals surface area contributed by atoms with Crippen molar-refractivity contribution in [3.05, 3.63) is 16.4 Å². The van der Waals surface area contributed by atoms with Crippen LogP contribution in [0.2, 0.25) is 5.15 Å². The van der Waals surface area contributed by atoms with E-state index in [0.29, 0.717) is 18.2 Å². The number of nitrogens with one attached hydrogen (secondary N) is 1. The van der Waals surface area contributed by atoms with Crippen molar-refractivity contribution in [3.8, 4) is 0 Å². The van der Waals surface area contributed by atoms with E-state index in [0.717, 1.165) is 35.6 Å². The maximum Gasteiger partial charge on any atom is 0.131 e. The lowest BCUT2D eigenvalue weighted by Gasteiger charge is -2.21. The fourth-order valence-electron chi connectivity index (χ4n) is 2.21. The Bertz CT molecular complexity index is 416. The van der Waals surface area contributed by atoms with Crippen molar-refractivity contribution in [1.82, 2.24) is 15.1 Å². The summed E-state index contributed by atoms with van der Waals surface area (Å²) in [5, 5.41) is 18.6. The van der Waals surface area contributed by atoms with Crippen LogP contribution < -0.4 is 5.32 Å². The van der Waals surface area contributed by atoms with Crippen molar-refractivity contribution in [3.63, 3.8) is 0 Å². The fourth-order valence-corrected chi connectivity index (χ4v) is 3.72. The number of hydrogen-bond donors (Lipinski definition) is 2. The lowest BCUT2D eigenvalue weighted by Crippen LogP contribution is -2.40. The average Bonchev–Trinajstić information content (AvgIpc) is 2.88. The molecule has 0 spiro atoms. The molecule has 0 bridgehead atoms. The second kappa shape index (κ2) is 5.82. The molecule has 0 saturated carbocycles. The predicted molar refractivity (Wildman–Crippen MR) is 76.2 cm³/mol. The minimum Gasteiger partial charge on any atom is -0.388 e. The predicted octanol–water partition coefficient (Wildman–Crippen LogP) is 1.59. The number of rotatable bonds is 5. The highest BCUT2D eigenvalue weighted by atomic mass is 35.5. The molecular weight excluding hydrogens is 270 g/mol. The van der Waals surface area contributed by atoms with E-state index in [1.807, 2.05) is 18.8 Å². The normalized spacial score (nSPS) is 23.8. The first-order valence-corrected chi connectivity index (χ1v) is 7.80. The lowest BCUT2D eigenvalue weighted by atomic mass is 10.0. The summed E-state index contributed by atoms with van der Waals surface area (Å²) in [5.41, 5.74) is 1.53. The maximum absolute atomic E-state index is 10.2. The van der Waals surface area contributed by atoms with Crippen LogP contribution in [0.4, 0.5) is 0 Å². The fraction of sp³-hybridized carbons (Fsp3) is 0.750. The number of thioether (sulfide) groups is 1. The molecule has 1 unspecified atom stereocenters. The van der Waals surface area contributed by atoms with Crippen LogP contribution in [0.25, 0.3) is 0 Å². The van der Waals surface area contributed by atoms with Gasteiger partial charge >= 0.3 is 0 Å². The van der Waals surface area contributed by atoms with E-state index in [9.17, 15) is 5.11 Å². The highest BCUT2D eigenvalue weighted by molar-refractivity contribution is 7.99. The zero-order chi connectivity index (χ0) is 13.2. The van der Waals surface area contributed by atoms with Crippen LogP contribution >= 0.6 is 23.4 Å². The smallest absolute Gasteiger partial charge is 0.131 e. The number of aliphatic hydroxyl groups is 1. The summed E-state index contributed by atoms with van der Waals surface area (Å²) in [6, 6.07) is 0. The van der Waals surface area contributed by atoms with Crippen LogP contribution in [0, 0.1) is 0 Å². The van der Waals surface area contributed by atoms with E-state index in [4.69, 9.17) is 11.6 Å². The van der Waals surface area contributed by atoms with E-state index in [1.165, 1.54) is 0 Å². The number of hydrogen-bond acceptors (Lipinski definition) is 4.